The predicted octanol–water partition coefficient (Wildman–Crippen LogP) is 3.82. The molecule has 3 aromatic rings. The van der Waals surface area contributed by atoms with E-state index in [0.29, 0.717) is 10.7 Å². The van der Waals surface area contributed by atoms with Gasteiger partial charge in [-0.25, -0.2) is 15.0 Å². The standard InChI is InChI=1S/C14H15ClN4/c1-2-3-4-7-19-9-16-13-14(19)18-11-6-5-10(15)8-12(11)17-13/h5-6,8-9H,2-4,7H2,1H3. The van der Waals surface area contributed by atoms with Crippen LogP contribution in [0.4, 0.5) is 0 Å². The van der Waals surface area contributed by atoms with Crippen LogP contribution in [0, 0.1) is 0 Å². The minimum atomic E-state index is 0.670. The van der Waals surface area contributed by atoms with Crippen LogP contribution in [0.15, 0.2) is 24.5 Å². The van der Waals surface area contributed by atoms with Crippen molar-refractivity contribution in [1.82, 2.24) is 19.5 Å². The molecule has 3 rings (SSSR count). The Morgan fingerprint density at radius 3 is 2.89 bits per heavy atom. The number of benzene rings is 1. The molecular weight excluding hydrogens is 260 g/mol. The predicted molar refractivity (Wildman–Crippen MR) is 77.4 cm³/mol. The Labute approximate surface area is 116 Å². The van der Waals surface area contributed by atoms with Gasteiger partial charge < -0.3 is 4.57 Å². The molecule has 98 valence electrons. The lowest BCUT2D eigenvalue weighted by Crippen LogP contribution is -1.98. The fraction of sp³-hybridized carbons (Fsp3) is 0.357. The molecule has 0 radical (unpaired) electrons. The van der Waals surface area contributed by atoms with Crippen LogP contribution in [0.5, 0.6) is 0 Å². The van der Waals surface area contributed by atoms with Crippen LogP contribution < -0.4 is 0 Å². The lowest BCUT2D eigenvalue weighted by atomic mass is 10.2. The van der Waals surface area contributed by atoms with Crippen LogP contribution in [0.2, 0.25) is 5.02 Å². The molecule has 0 atom stereocenters. The zero-order valence-corrected chi connectivity index (χ0v) is 11.6. The lowest BCUT2D eigenvalue weighted by Gasteiger charge is -2.03. The molecule has 19 heavy (non-hydrogen) atoms. The van der Waals surface area contributed by atoms with Crippen molar-refractivity contribution < 1.29 is 0 Å². The Hall–Kier alpha value is -1.68. The summed E-state index contributed by atoms with van der Waals surface area (Å²) in [6.07, 6.45) is 5.39. The van der Waals surface area contributed by atoms with Crippen LogP contribution in [0.3, 0.4) is 0 Å². The van der Waals surface area contributed by atoms with Crippen LogP contribution in [0.25, 0.3) is 22.3 Å². The van der Waals surface area contributed by atoms with E-state index in [1.165, 1.54) is 12.8 Å². The van der Waals surface area contributed by atoms with E-state index in [0.717, 1.165) is 29.6 Å². The molecule has 0 saturated heterocycles. The molecule has 0 aliphatic carbocycles. The van der Waals surface area contributed by atoms with Crippen molar-refractivity contribution in [2.75, 3.05) is 0 Å². The smallest absolute Gasteiger partial charge is 0.198 e. The molecule has 0 spiro atoms. The second-order valence-electron chi connectivity index (χ2n) is 4.65. The average Bonchev–Trinajstić information content (AvgIpc) is 2.79. The zero-order chi connectivity index (χ0) is 13.2. The maximum atomic E-state index is 5.97. The van der Waals surface area contributed by atoms with Crippen LogP contribution in [0.1, 0.15) is 26.2 Å². The van der Waals surface area contributed by atoms with Gasteiger partial charge in [-0.3, -0.25) is 0 Å². The molecule has 2 heterocycles. The van der Waals surface area contributed by atoms with Gasteiger partial charge in [0.15, 0.2) is 11.3 Å². The normalized spacial score (nSPS) is 11.5. The molecule has 2 aromatic heterocycles. The van der Waals surface area contributed by atoms with Crippen molar-refractivity contribution in [2.24, 2.45) is 0 Å². The monoisotopic (exact) mass is 274 g/mol. The van der Waals surface area contributed by atoms with Crippen molar-refractivity contribution in [2.45, 2.75) is 32.7 Å². The Balaban J connectivity index is 2.04. The number of hydrogen-bond acceptors (Lipinski definition) is 3. The third-order valence-corrected chi connectivity index (χ3v) is 3.42. The van der Waals surface area contributed by atoms with Crippen molar-refractivity contribution in [3.63, 3.8) is 0 Å². The molecule has 0 amide bonds. The summed E-state index contributed by atoms with van der Waals surface area (Å²) in [6, 6.07) is 5.55. The minimum absolute atomic E-state index is 0.670. The summed E-state index contributed by atoms with van der Waals surface area (Å²) in [6.45, 7) is 3.14. The first kappa shape index (κ1) is 12.4. The molecule has 0 saturated carbocycles. The molecule has 0 bridgehead atoms. The molecule has 0 unspecified atom stereocenters. The largest absolute Gasteiger partial charge is 0.314 e. The highest BCUT2D eigenvalue weighted by Gasteiger charge is 2.08. The number of fused-ring (bicyclic) bond motifs is 2. The highest BCUT2D eigenvalue weighted by atomic mass is 35.5. The minimum Gasteiger partial charge on any atom is -0.314 e. The van der Waals surface area contributed by atoms with E-state index in [2.05, 4.69) is 26.4 Å². The summed E-state index contributed by atoms with van der Waals surface area (Å²) in [5, 5.41) is 0.670. The van der Waals surface area contributed by atoms with E-state index >= 15 is 0 Å². The van der Waals surface area contributed by atoms with Gasteiger partial charge in [0.25, 0.3) is 0 Å². The molecular formula is C14H15ClN4. The number of aryl methyl sites for hydroxylation is 1. The number of halogens is 1. The number of aromatic nitrogens is 4. The summed E-state index contributed by atoms with van der Waals surface area (Å²) >= 11 is 5.97. The summed E-state index contributed by atoms with van der Waals surface area (Å²) in [7, 11) is 0. The Morgan fingerprint density at radius 1 is 1.16 bits per heavy atom. The van der Waals surface area contributed by atoms with Gasteiger partial charge in [-0.05, 0) is 24.6 Å². The van der Waals surface area contributed by atoms with Crippen molar-refractivity contribution in [1.29, 1.82) is 0 Å². The number of unbranched alkanes of at least 4 members (excludes halogenated alkanes) is 2. The van der Waals surface area contributed by atoms with E-state index in [1.807, 2.05) is 24.5 Å². The van der Waals surface area contributed by atoms with Crippen molar-refractivity contribution in [3.8, 4) is 0 Å². The molecule has 1 aromatic carbocycles. The highest BCUT2D eigenvalue weighted by Crippen LogP contribution is 2.19. The fourth-order valence-corrected chi connectivity index (χ4v) is 2.33. The van der Waals surface area contributed by atoms with E-state index < -0.39 is 0 Å². The van der Waals surface area contributed by atoms with Gasteiger partial charge in [-0.2, -0.15) is 0 Å². The van der Waals surface area contributed by atoms with Gasteiger partial charge in [0.2, 0.25) is 0 Å². The number of rotatable bonds is 4. The molecule has 5 heteroatoms. The average molecular weight is 275 g/mol. The van der Waals surface area contributed by atoms with E-state index in [1.54, 1.807) is 0 Å². The molecule has 0 fully saturated rings. The first-order valence-electron chi connectivity index (χ1n) is 6.56. The first-order chi connectivity index (χ1) is 9.28. The molecule has 0 N–H and O–H groups in total. The molecule has 4 nitrogen and oxygen atoms in total. The van der Waals surface area contributed by atoms with Gasteiger partial charge in [-0.1, -0.05) is 31.4 Å². The van der Waals surface area contributed by atoms with Gasteiger partial charge >= 0.3 is 0 Å². The summed E-state index contributed by atoms with van der Waals surface area (Å²) in [4.78, 5) is 13.5. The number of imidazole rings is 1. The number of hydrogen-bond donors (Lipinski definition) is 0. The third kappa shape index (κ3) is 2.40. The second kappa shape index (κ2) is 5.13. The van der Waals surface area contributed by atoms with Crippen molar-refractivity contribution in [3.05, 3.63) is 29.5 Å². The van der Waals surface area contributed by atoms with Gasteiger partial charge in [-0.15, -0.1) is 0 Å². The molecule has 0 aliphatic heterocycles. The maximum absolute atomic E-state index is 5.97. The Morgan fingerprint density at radius 2 is 2.05 bits per heavy atom. The van der Waals surface area contributed by atoms with Crippen LogP contribution in [-0.2, 0) is 6.54 Å². The van der Waals surface area contributed by atoms with Crippen molar-refractivity contribution >= 4 is 33.9 Å². The van der Waals surface area contributed by atoms with E-state index in [9.17, 15) is 0 Å². The second-order valence-corrected chi connectivity index (χ2v) is 5.09. The summed E-state index contributed by atoms with van der Waals surface area (Å²) in [5.74, 6) is 0. The molecule has 0 aliphatic rings. The Bertz CT molecular complexity index is 720. The lowest BCUT2D eigenvalue weighted by molar-refractivity contribution is 0.610. The number of nitrogens with zero attached hydrogens (tertiary/aromatic N) is 4. The quantitative estimate of drug-likeness (QED) is 0.679. The topological polar surface area (TPSA) is 43.6 Å². The third-order valence-electron chi connectivity index (χ3n) is 3.18. The highest BCUT2D eigenvalue weighted by molar-refractivity contribution is 6.31. The van der Waals surface area contributed by atoms with Crippen LogP contribution >= 0.6 is 11.6 Å². The Kier molecular flexibility index (Phi) is 3.34. The van der Waals surface area contributed by atoms with E-state index in [-0.39, 0.29) is 0 Å². The van der Waals surface area contributed by atoms with Crippen LogP contribution in [-0.4, -0.2) is 19.5 Å². The fourth-order valence-electron chi connectivity index (χ4n) is 2.16. The SMILES string of the molecule is CCCCCn1cnc2nc3cc(Cl)ccc3nc21. The van der Waals surface area contributed by atoms with Gasteiger partial charge in [0, 0.05) is 11.6 Å². The first-order valence-corrected chi connectivity index (χ1v) is 6.94. The zero-order valence-electron chi connectivity index (χ0n) is 10.8. The van der Waals surface area contributed by atoms with E-state index in [4.69, 9.17) is 11.6 Å². The summed E-state index contributed by atoms with van der Waals surface area (Å²) in [5.41, 5.74) is 3.19. The summed E-state index contributed by atoms with van der Waals surface area (Å²) < 4.78 is 2.08. The van der Waals surface area contributed by atoms with Gasteiger partial charge in [0.1, 0.15) is 0 Å². The maximum Gasteiger partial charge on any atom is 0.198 e. The van der Waals surface area contributed by atoms with Gasteiger partial charge in [0.05, 0.1) is 17.4 Å².